The molecule has 1 atom stereocenters. The third-order valence-corrected chi connectivity index (χ3v) is 6.23. The smallest absolute Gasteiger partial charge is 0.259 e. The van der Waals surface area contributed by atoms with Gasteiger partial charge in [-0.15, -0.1) is 0 Å². The third-order valence-electron chi connectivity index (χ3n) is 4.37. The van der Waals surface area contributed by atoms with Crippen LogP contribution in [-0.2, 0) is 21.4 Å². The maximum Gasteiger partial charge on any atom is 0.259 e. The Morgan fingerprint density at radius 1 is 1.23 bits per heavy atom. The Morgan fingerprint density at radius 3 is 2.69 bits per heavy atom. The summed E-state index contributed by atoms with van der Waals surface area (Å²) in [7, 11) is -3.83. The first-order valence-corrected chi connectivity index (χ1v) is 9.77. The zero-order valence-corrected chi connectivity index (χ0v) is 15.0. The van der Waals surface area contributed by atoms with E-state index in [1.54, 1.807) is 42.7 Å². The number of carbonyl (C=O) groups is 1. The van der Waals surface area contributed by atoms with Crippen molar-refractivity contribution in [3.05, 3.63) is 60.4 Å². The number of halogens is 1. The molecule has 1 aliphatic heterocycles. The van der Waals surface area contributed by atoms with Crippen LogP contribution in [0.3, 0.4) is 0 Å². The quantitative estimate of drug-likeness (QED) is 0.863. The molecule has 1 aromatic carbocycles. The van der Waals surface area contributed by atoms with Crippen LogP contribution in [0.5, 0.6) is 0 Å². The number of amides is 1. The molecule has 1 aromatic heterocycles. The molecular formula is C18H20FN3O3S. The van der Waals surface area contributed by atoms with E-state index in [0.29, 0.717) is 0 Å². The lowest BCUT2D eigenvalue weighted by molar-refractivity contribution is -0.135. The number of sulfonamides is 1. The van der Waals surface area contributed by atoms with Gasteiger partial charge < -0.3 is 5.32 Å². The average Bonchev–Trinajstić information content (AvgIpc) is 2.67. The molecule has 8 heteroatoms. The van der Waals surface area contributed by atoms with Crippen LogP contribution in [0.25, 0.3) is 0 Å². The summed E-state index contributed by atoms with van der Waals surface area (Å²) < 4.78 is 41.7. The Kier molecular flexibility index (Phi) is 5.33. The van der Waals surface area contributed by atoms with E-state index in [2.05, 4.69) is 10.3 Å². The number of aromatic nitrogens is 1. The second kappa shape index (κ2) is 7.51. The number of nitrogens with one attached hydrogen (secondary N) is 1. The number of hydrogen-bond donors (Lipinski definition) is 1. The van der Waals surface area contributed by atoms with Gasteiger partial charge in [0.05, 0.1) is 11.4 Å². The van der Waals surface area contributed by atoms with Crippen LogP contribution >= 0.6 is 0 Å². The highest BCUT2D eigenvalue weighted by atomic mass is 32.2. The van der Waals surface area contributed by atoms with Gasteiger partial charge in [-0.25, -0.2) is 12.8 Å². The molecule has 1 aliphatic rings. The molecular weight excluding hydrogens is 357 g/mol. The first-order valence-electron chi connectivity index (χ1n) is 8.33. The molecule has 1 amide bonds. The largest absolute Gasteiger partial charge is 0.349 e. The molecule has 0 saturated carbocycles. The molecule has 1 N–H and O–H groups in total. The van der Waals surface area contributed by atoms with Crippen LogP contribution in [0.15, 0.2) is 59.8 Å². The van der Waals surface area contributed by atoms with E-state index >= 15 is 4.39 Å². The summed E-state index contributed by atoms with van der Waals surface area (Å²) in [4.78, 5) is 16.4. The highest BCUT2D eigenvalue weighted by Gasteiger charge is 2.45. The fraction of sp³-hybridized carbons (Fsp3) is 0.333. The fourth-order valence-electron chi connectivity index (χ4n) is 2.95. The van der Waals surface area contributed by atoms with Gasteiger partial charge in [0.2, 0.25) is 15.7 Å². The number of pyridine rings is 1. The molecule has 26 heavy (non-hydrogen) atoms. The van der Waals surface area contributed by atoms with Crippen LogP contribution in [-0.4, -0.2) is 42.4 Å². The molecule has 0 aliphatic carbocycles. The van der Waals surface area contributed by atoms with Crippen molar-refractivity contribution in [2.75, 3.05) is 13.1 Å². The van der Waals surface area contributed by atoms with Gasteiger partial charge in [0.1, 0.15) is 0 Å². The normalized spacial score (nSPS) is 21.3. The lowest BCUT2D eigenvalue weighted by Gasteiger charge is -2.35. The Labute approximate surface area is 152 Å². The average molecular weight is 377 g/mol. The zero-order chi connectivity index (χ0) is 18.6. The SMILES string of the molecule is O=C(NCc1cccnc1)C1(F)CCCN(S(=O)(=O)c2ccccc2)C1. The Morgan fingerprint density at radius 2 is 2.00 bits per heavy atom. The van der Waals surface area contributed by atoms with E-state index < -0.39 is 28.1 Å². The lowest BCUT2D eigenvalue weighted by Crippen LogP contribution is -2.55. The van der Waals surface area contributed by atoms with E-state index in [-0.39, 0.29) is 30.8 Å². The number of hydrogen-bond acceptors (Lipinski definition) is 4. The first-order chi connectivity index (χ1) is 12.4. The van der Waals surface area contributed by atoms with Crippen molar-refractivity contribution in [3.63, 3.8) is 0 Å². The van der Waals surface area contributed by atoms with E-state index in [4.69, 9.17) is 0 Å². The number of carbonyl (C=O) groups excluding carboxylic acids is 1. The topological polar surface area (TPSA) is 79.4 Å². The Bertz CT molecular complexity index is 862. The first kappa shape index (κ1) is 18.5. The minimum Gasteiger partial charge on any atom is -0.349 e. The minimum absolute atomic E-state index is 0.00726. The predicted octanol–water partition coefficient (Wildman–Crippen LogP) is 1.89. The molecule has 2 aromatic rings. The summed E-state index contributed by atoms with van der Waals surface area (Å²) >= 11 is 0. The van der Waals surface area contributed by atoms with Crippen molar-refractivity contribution in [3.8, 4) is 0 Å². The van der Waals surface area contributed by atoms with Crippen LogP contribution in [0.1, 0.15) is 18.4 Å². The van der Waals surface area contributed by atoms with Gasteiger partial charge in [-0.3, -0.25) is 9.78 Å². The predicted molar refractivity (Wildman–Crippen MR) is 94.4 cm³/mol. The number of nitrogens with zero attached hydrogens (tertiary/aromatic N) is 2. The molecule has 1 unspecified atom stereocenters. The Balaban J connectivity index is 1.71. The van der Waals surface area contributed by atoms with E-state index in [1.165, 1.54) is 12.1 Å². The summed E-state index contributed by atoms with van der Waals surface area (Å²) in [6.07, 6.45) is 3.46. The van der Waals surface area contributed by atoms with E-state index in [0.717, 1.165) is 9.87 Å². The number of benzene rings is 1. The van der Waals surface area contributed by atoms with Gasteiger partial charge in [0.25, 0.3) is 5.91 Å². The molecule has 0 spiro atoms. The maximum absolute atomic E-state index is 15.2. The molecule has 1 fully saturated rings. The molecule has 3 rings (SSSR count). The van der Waals surface area contributed by atoms with Gasteiger partial charge in [-0.1, -0.05) is 24.3 Å². The molecule has 1 saturated heterocycles. The molecule has 0 bridgehead atoms. The van der Waals surface area contributed by atoms with Crippen molar-refractivity contribution in [2.24, 2.45) is 0 Å². The lowest BCUT2D eigenvalue weighted by atomic mass is 9.95. The zero-order valence-electron chi connectivity index (χ0n) is 14.1. The van der Waals surface area contributed by atoms with Crippen molar-refractivity contribution in [1.29, 1.82) is 0 Å². The fourth-order valence-corrected chi connectivity index (χ4v) is 4.49. The van der Waals surface area contributed by atoms with Gasteiger partial charge in [-0.2, -0.15) is 4.31 Å². The summed E-state index contributed by atoms with van der Waals surface area (Å²) in [6, 6.07) is 11.4. The number of alkyl halides is 1. The minimum atomic E-state index is -3.83. The number of rotatable bonds is 5. The second-order valence-electron chi connectivity index (χ2n) is 6.26. The number of piperidine rings is 1. The van der Waals surface area contributed by atoms with E-state index in [9.17, 15) is 13.2 Å². The van der Waals surface area contributed by atoms with Crippen LogP contribution in [0.2, 0.25) is 0 Å². The summed E-state index contributed by atoms with van der Waals surface area (Å²) in [5, 5.41) is 2.55. The molecule has 2 heterocycles. The van der Waals surface area contributed by atoms with E-state index in [1.807, 2.05) is 0 Å². The summed E-state index contributed by atoms with van der Waals surface area (Å²) in [5.41, 5.74) is -1.50. The summed E-state index contributed by atoms with van der Waals surface area (Å²) in [5.74, 6) is -0.797. The van der Waals surface area contributed by atoms with Crippen molar-refractivity contribution in [2.45, 2.75) is 30.0 Å². The van der Waals surface area contributed by atoms with Crippen LogP contribution < -0.4 is 5.32 Å². The van der Waals surface area contributed by atoms with Crippen molar-refractivity contribution < 1.29 is 17.6 Å². The molecule has 138 valence electrons. The van der Waals surface area contributed by atoms with Gasteiger partial charge >= 0.3 is 0 Å². The maximum atomic E-state index is 15.2. The van der Waals surface area contributed by atoms with Crippen molar-refractivity contribution in [1.82, 2.24) is 14.6 Å². The van der Waals surface area contributed by atoms with Gasteiger partial charge in [0, 0.05) is 25.5 Å². The third kappa shape index (κ3) is 3.91. The Hall–Kier alpha value is -2.32. The second-order valence-corrected chi connectivity index (χ2v) is 8.20. The van der Waals surface area contributed by atoms with Crippen LogP contribution in [0, 0.1) is 0 Å². The van der Waals surface area contributed by atoms with Gasteiger partial charge in [-0.05, 0) is 36.6 Å². The molecule has 6 nitrogen and oxygen atoms in total. The van der Waals surface area contributed by atoms with Crippen molar-refractivity contribution >= 4 is 15.9 Å². The highest BCUT2D eigenvalue weighted by Crippen LogP contribution is 2.29. The summed E-state index contributed by atoms with van der Waals surface area (Å²) in [6.45, 7) is -0.147. The van der Waals surface area contributed by atoms with Crippen LogP contribution in [0.4, 0.5) is 4.39 Å². The highest BCUT2D eigenvalue weighted by molar-refractivity contribution is 7.89. The molecule has 0 radical (unpaired) electrons. The standard InChI is InChI=1S/C18H20FN3O3S/c19-18(17(23)21-13-15-6-4-10-20-12-15)9-5-11-22(14-18)26(24,25)16-7-2-1-3-8-16/h1-4,6-8,10,12H,5,9,11,13-14H2,(H,21,23). The van der Waals surface area contributed by atoms with Gasteiger partial charge in [0.15, 0.2) is 0 Å². The monoisotopic (exact) mass is 377 g/mol.